The second kappa shape index (κ2) is 4.78. The van der Waals surface area contributed by atoms with Gasteiger partial charge in [0.2, 0.25) is 0 Å². The van der Waals surface area contributed by atoms with Crippen LogP contribution in [-0.2, 0) is 24.1 Å². The first kappa shape index (κ1) is 11.3. The Labute approximate surface area is 95.3 Å². The zero-order valence-electron chi connectivity index (χ0n) is 9.95. The predicted octanol–water partition coefficient (Wildman–Crippen LogP) is 1.08. The van der Waals surface area contributed by atoms with Crippen LogP contribution in [0.25, 0.3) is 0 Å². The molecule has 1 aromatic heterocycles. The first-order valence-corrected chi connectivity index (χ1v) is 5.82. The molecule has 0 saturated carbocycles. The van der Waals surface area contributed by atoms with Crippen LogP contribution >= 0.6 is 0 Å². The molecule has 0 unspecified atom stereocenters. The molecule has 4 heteroatoms. The van der Waals surface area contributed by atoms with Crippen molar-refractivity contribution in [1.29, 1.82) is 0 Å². The van der Waals surface area contributed by atoms with Gasteiger partial charge in [0.1, 0.15) is 5.82 Å². The second-order valence-electron chi connectivity index (χ2n) is 4.25. The van der Waals surface area contributed by atoms with Crippen molar-refractivity contribution in [3.63, 3.8) is 0 Å². The van der Waals surface area contributed by atoms with Gasteiger partial charge in [-0.25, -0.2) is 4.98 Å². The summed E-state index contributed by atoms with van der Waals surface area (Å²) in [5.41, 5.74) is 1.82. The summed E-state index contributed by atoms with van der Waals surface area (Å²) in [5.74, 6) is 0.954. The second-order valence-corrected chi connectivity index (χ2v) is 4.25. The molecule has 2 rings (SSSR count). The molecule has 0 aliphatic carbocycles. The summed E-state index contributed by atoms with van der Waals surface area (Å²) in [7, 11) is 1.65. The van der Waals surface area contributed by atoms with E-state index < -0.39 is 0 Å². The fourth-order valence-electron chi connectivity index (χ4n) is 2.22. The third kappa shape index (κ3) is 2.02. The Morgan fingerprint density at radius 1 is 1.44 bits per heavy atom. The molecular formula is C12H18N2O2. The average molecular weight is 222 g/mol. The third-order valence-electron chi connectivity index (χ3n) is 3.14. The predicted molar refractivity (Wildman–Crippen MR) is 61.8 cm³/mol. The third-order valence-corrected chi connectivity index (χ3v) is 3.14. The van der Waals surface area contributed by atoms with E-state index in [4.69, 9.17) is 4.74 Å². The van der Waals surface area contributed by atoms with E-state index in [9.17, 15) is 4.79 Å². The number of fused-ring (bicyclic) bond motifs is 1. The molecule has 0 aromatic carbocycles. The highest BCUT2D eigenvalue weighted by Gasteiger charge is 2.16. The van der Waals surface area contributed by atoms with Crippen molar-refractivity contribution in [2.45, 2.75) is 39.2 Å². The molecule has 0 atom stereocenters. The van der Waals surface area contributed by atoms with E-state index in [1.807, 2.05) is 11.5 Å². The summed E-state index contributed by atoms with van der Waals surface area (Å²) < 4.78 is 6.86. The van der Waals surface area contributed by atoms with E-state index in [1.165, 1.54) is 0 Å². The summed E-state index contributed by atoms with van der Waals surface area (Å²) in [6.45, 7) is 3.32. The van der Waals surface area contributed by atoms with Crippen LogP contribution in [0.2, 0.25) is 0 Å². The van der Waals surface area contributed by atoms with Crippen molar-refractivity contribution in [1.82, 2.24) is 9.55 Å². The van der Waals surface area contributed by atoms with Crippen LogP contribution in [0, 0.1) is 6.92 Å². The number of hydrogen-bond acceptors (Lipinski definition) is 3. The number of aromatic nitrogens is 2. The number of methoxy groups -OCH3 is 1. The molecule has 0 spiro atoms. The van der Waals surface area contributed by atoms with E-state index in [-0.39, 0.29) is 5.56 Å². The van der Waals surface area contributed by atoms with Gasteiger partial charge in [-0.15, -0.1) is 0 Å². The molecule has 0 saturated heterocycles. The molecule has 2 heterocycles. The standard InChI is InChI=1S/C12H18N2O2/c1-9-10(6-8-16-2)12(15)14-7-4-3-5-11(14)13-9/h3-8H2,1-2H3. The summed E-state index contributed by atoms with van der Waals surface area (Å²) >= 11 is 0. The number of rotatable bonds is 3. The van der Waals surface area contributed by atoms with Gasteiger partial charge in [0, 0.05) is 37.8 Å². The Bertz CT molecular complexity index is 437. The van der Waals surface area contributed by atoms with Crippen LogP contribution in [0.3, 0.4) is 0 Å². The van der Waals surface area contributed by atoms with Crippen LogP contribution in [0.1, 0.15) is 29.9 Å². The lowest BCUT2D eigenvalue weighted by molar-refractivity contribution is 0.201. The van der Waals surface area contributed by atoms with Gasteiger partial charge in [-0.05, 0) is 19.8 Å². The molecule has 0 fully saturated rings. The molecule has 0 bridgehead atoms. The normalized spacial score (nSPS) is 14.9. The van der Waals surface area contributed by atoms with E-state index in [0.717, 1.165) is 42.9 Å². The maximum Gasteiger partial charge on any atom is 0.257 e. The maximum atomic E-state index is 12.2. The lowest BCUT2D eigenvalue weighted by atomic mass is 10.1. The molecule has 88 valence electrons. The van der Waals surface area contributed by atoms with Crippen molar-refractivity contribution >= 4 is 0 Å². The highest BCUT2D eigenvalue weighted by molar-refractivity contribution is 5.18. The molecule has 0 radical (unpaired) electrons. The Kier molecular flexibility index (Phi) is 3.39. The van der Waals surface area contributed by atoms with Gasteiger partial charge < -0.3 is 4.74 Å². The fraction of sp³-hybridized carbons (Fsp3) is 0.667. The molecule has 4 nitrogen and oxygen atoms in total. The first-order valence-electron chi connectivity index (χ1n) is 5.82. The van der Waals surface area contributed by atoms with Gasteiger partial charge in [-0.2, -0.15) is 0 Å². The highest BCUT2D eigenvalue weighted by atomic mass is 16.5. The average Bonchev–Trinajstić information content (AvgIpc) is 2.29. The molecule has 0 amide bonds. The largest absolute Gasteiger partial charge is 0.384 e. The lowest BCUT2D eigenvalue weighted by Crippen LogP contribution is -2.32. The summed E-state index contributed by atoms with van der Waals surface area (Å²) in [6.07, 6.45) is 3.82. The van der Waals surface area contributed by atoms with Gasteiger partial charge >= 0.3 is 0 Å². The van der Waals surface area contributed by atoms with Crippen molar-refractivity contribution in [3.05, 3.63) is 27.4 Å². The van der Waals surface area contributed by atoms with Crippen molar-refractivity contribution < 1.29 is 4.74 Å². The van der Waals surface area contributed by atoms with Crippen molar-refractivity contribution in [2.24, 2.45) is 0 Å². The smallest absolute Gasteiger partial charge is 0.257 e. The Balaban J connectivity index is 2.42. The Morgan fingerprint density at radius 2 is 2.25 bits per heavy atom. The van der Waals surface area contributed by atoms with E-state index >= 15 is 0 Å². The van der Waals surface area contributed by atoms with Gasteiger partial charge in [0.25, 0.3) is 5.56 Å². The highest BCUT2D eigenvalue weighted by Crippen LogP contribution is 2.12. The van der Waals surface area contributed by atoms with Crippen molar-refractivity contribution in [3.8, 4) is 0 Å². The van der Waals surface area contributed by atoms with Crippen LogP contribution < -0.4 is 5.56 Å². The molecule has 1 aliphatic heterocycles. The minimum absolute atomic E-state index is 0.138. The Morgan fingerprint density at radius 3 is 3.00 bits per heavy atom. The Hall–Kier alpha value is -1.16. The van der Waals surface area contributed by atoms with E-state index in [0.29, 0.717) is 13.0 Å². The van der Waals surface area contributed by atoms with E-state index in [2.05, 4.69) is 4.98 Å². The number of aryl methyl sites for hydroxylation is 2. The molecule has 0 N–H and O–H groups in total. The zero-order chi connectivity index (χ0) is 11.5. The minimum atomic E-state index is 0.138. The number of nitrogens with zero attached hydrogens (tertiary/aromatic N) is 2. The quantitative estimate of drug-likeness (QED) is 0.768. The lowest BCUT2D eigenvalue weighted by Gasteiger charge is -2.19. The van der Waals surface area contributed by atoms with Crippen LogP contribution in [-0.4, -0.2) is 23.3 Å². The summed E-state index contributed by atoms with van der Waals surface area (Å²) in [5, 5.41) is 0. The van der Waals surface area contributed by atoms with Gasteiger partial charge in [-0.3, -0.25) is 9.36 Å². The molecule has 1 aromatic rings. The van der Waals surface area contributed by atoms with Crippen LogP contribution in [0.15, 0.2) is 4.79 Å². The minimum Gasteiger partial charge on any atom is -0.384 e. The molecule has 1 aliphatic rings. The zero-order valence-corrected chi connectivity index (χ0v) is 9.95. The number of ether oxygens (including phenoxy) is 1. The monoisotopic (exact) mass is 222 g/mol. The van der Waals surface area contributed by atoms with E-state index in [1.54, 1.807) is 7.11 Å². The molecular weight excluding hydrogens is 204 g/mol. The van der Waals surface area contributed by atoms with Crippen LogP contribution in [0.4, 0.5) is 0 Å². The fourth-order valence-corrected chi connectivity index (χ4v) is 2.22. The summed E-state index contributed by atoms with van der Waals surface area (Å²) in [4.78, 5) is 16.7. The van der Waals surface area contributed by atoms with Gasteiger partial charge in [-0.1, -0.05) is 0 Å². The maximum absolute atomic E-state index is 12.2. The SMILES string of the molecule is COCCc1c(C)nc2n(c1=O)CCCC2. The van der Waals surface area contributed by atoms with Crippen molar-refractivity contribution in [2.75, 3.05) is 13.7 Å². The van der Waals surface area contributed by atoms with Gasteiger partial charge in [0.05, 0.1) is 6.61 Å². The van der Waals surface area contributed by atoms with Gasteiger partial charge in [0.15, 0.2) is 0 Å². The van der Waals surface area contributed by atoms with Crippen LogP contribution in [0.5, 0.6) is 0 Å². The first-order chi connectivity index (χ1) is 7.74. The molecule has 16 heavy (non-hydrogen) atoms. The summed E-state index contributed by atoms with van der Waals surface area (Å²) in [6, 6.07) is 0. The number of hydrogen-bond donors (Lipinski definition) is 0. The topological polar surface area (TPSA) is 44.1 Å².